The molecule has 6 rings (SSSR count). The van der Waals surface area contributed by atoms with Gasteiger partial charge >= 0.3 is 0 Å². The van der Waals surface area contributed by atoms with Gasteiger partial charge in [0.25, 0.3) is 0 Å². The van der Waals surface area contributed by atoms with E-state index in [1.807, 2.05) is 6.20 Å². The van der Waals surface area contributed by atoms with Crippen LogP contribution in [0.5, 0.6) is 5.88 Å². The minimum atomic E-state index is 0.0186. The van der Waals surface area contributed by atoms with Crippen molar-refractivity contribution in [1.82, 2.24) is 25.8 Å². The Kier molecular flexibility index (Phi) is 15.6. The van der Waals surface area contributed by atoms with Gasteiger partial charge in [-0.1, -0.05) is 67.5 Å². The van der Waals surface area contributed by atoms with E-state index in [9.17, 15) is 0 Å². The lowest BCUT2D eigenvalue weighted by molar-refractivity contribution is -0.0887. The highest BCUT2D eigenvalue weighted by atomic mass is 16.5. The maximum absolute atomic E-state index is 6.56. The van der Waals surface area contributed by atoms with Crippen molar-refractivity contribution in [3.05, 3.63) is 53.7 Å². The molecule has 4 aliphatic rings. The zero-order valence-corrected chi connectivity index (χ0v) is 42.2. The number of hydrogen-bond acceptors (Lipinski definition) is 8. The van der Waals surface area contributed by atoms with Crippen molar-refractivity contribution in [3.63, 3.8) is 0 Å². The van der Waals surface area contributed by atoms with Gasteiger partial charge in [-0.2, -0.15) is 0 Å². The number of ether oxygens (including phenoxy) is 2. The highest BCUT2D eigenvalue weighted by Gasteiger charge is 2.39. The van der Waals surface area contributed by atoms with Crippen molar-refractivity contribution >= 4 is 5.69 Å². The first-order valence-corrected chi connectivity index (χ1v) is 25.0. The molecule has 0 bridgehead atoms. The Bertz CT molecular complexity index is 1690. The molecule has 8 nitrogen and oxygen atoms in total. The number of pyridine rings is 1. The average Bonchev–Trinajstić information content (AvgIpc) is 3.59. The molecule has 1 aromatic carbocycles. The van der Waals surface area contributed by atoms with Crippen LogP contribution in [0.3, 0.4) is 0 Å². The van der Waals surface area contributed by atoms with Gasteiger partial charge in [-0.3, -0.25) is 0 Å². The fraction of sp³-hybridized carbons (Fsp3) is 0.796. The highest BCUT2D eigenvalue weighted by Crippen LogP contribution is 2.36. The van der Waals surface area contributed by atoms with Crippen LogP contribution in [-0.4, -0.2) is 95.7 Å². The second kappa shape index (κ2) is 19.7. The molecule has 0 unspecified atom stereocenters. The van der Waals surface area contributed by atoms with Crippen LogP contribution < -0.4 is 25.6 Å². The molecular weight excluding hydrogens is 765 g/mol. The first kappa shape index (κ1) is 49.2. The number of nitrogens with one attached hydrogen (secondary N) is 3. The number of aromatic nitrogens is 1. The number of rotatable bonds is 20. The molecule has 62 heavy (non-hydrogen) atoms. The van der Waals surface area contributed by atoms with Gasteiger partial charge in [0.1, 0.15) is 6.10 Å². The summed E-state index contributed by atoms with van der Waals surface area (Å²) in [6.45, 7) is 38.7. The molecule has 3 heterocycles. The second-order valence-corrected chi connectivity index (χ2v) is 25.6. The van der Waals surface area contributed by atoms with Gasteiger partial charge in [0.15, 0.2) is 0 Å². The lowest BCUT2D eigenvalue weighted by atomic mass is 9.78. The van der Waals surface area contributed by atoms with Crippen molar-refractivity contribution in [1.29, 1.82) is 0 Å². The molecule has 2 aliphatic heterocycles. The molecule has 3 N–H and O–H groups in total. The first-order valence-electron chi connectivity index (χ1n) is 25.0. The van der Waals surface area contributed by atoms with Crippen molar-refractivity contribution in [2.75, 3.05) is 37.6 Å². The first-order chi connectivity index (χ1) is 28.8. The van der Waals surface area contributed by atoms with Gasteiger partial charge in [-0.05, 0) is 164 Å². The lowest BCUT2D eigenvalue weighted by Crippen LogP contribution is -2.57. The quantitative estimate of drug-likeness (QED) is 0.122. The van der Waals surface area contributed by atoms with E-state index in [-0.39, 0.29) is 28.1 Å². The highest BCUT2D eigenvalue weighted by molar-refractivity contribution is 5.49. The van der Waals surface area contributed by atoms with Crippen LogP contribution in [0.15, 0.2) is 42.6 Å². The Morgan fingerprint density at radius 3 is 1.71 bits per heavy atom. The minimum Gasteiger partial charge on any atom is -0.474 e. The number of nitrogens with zero attached hydrogens (tertiary/aromatic N) is 3. The Morgan fingerprint density at radius 2 is 1.15 bits per heavy atom. The van der Waals surface area contributed by atoms with Gasteiger partial charge in [0, 0.05) is 85.4 Å². The molecular formula is C54H92N6O2. The number of anilines is 1. The molecule has 8 heteroatoms. The third kappa shape index (κ3) is 15.5. The average molecular weight is 857 g/mol. The summed E-state index contributed by atoms with van der Waals surface area (Å²) in [5.74, 6) is 0.770. The molecule has 1 atom stereocenters. The SMILES string of the molecule is CC(C)(C)Cc1ccc(N2CC[C@H](NC(C)(C)CCC(C)(C)c3ccnc(OC4CC(NC(C)(C)CCC(C)(C)NC5CC(OC6CCN(CC(C)(C)C)CC6)C5)C4)c3)C2)cc1. The summed E-state index contributed by atoms with van der Waals surface area (Å²) in [5, 5.41) is 12.0. The van der Waals surface area contributed by atoms with Gasteiger partial charge in [0.05, 0.1) is 12.2 Å². The van der Waals surface area contributed by atoms with Crippen LogP contribution in [0.2, 0.25) is 0 Å². The van der Waals surface area contributed by atoms with Crippen LogP contribution in [0, 0.1) is 10.8 Å². The standard InChI is InChI=1S/C54H92N6O2/c1-49(2,3)36-39-15-17-44(18-16-39)60-30-20-41(37-60)56-52(9,10)24-23-51(7,8)40-19-27-55-48(31-40)62-47-34-43(35-47)58-54(13,14)26-25-53(11,12)57-42-32-46(33-42)61-45-21-28-59(29-22-45)38-50(4,5)6/h15-19,27,31,41-43,45-47,56-58H,20-26,28-30,32-38H2,1-14H3/t41-,42?,43?,46?,47?/m0/s1. The largest absolute Gasteiger partial charge is 0.474 e. The van der Waals surface area contributed by atoms with E-state index in [0.717, 1.165) is 76.8 Å². The summed E-state index contributed by atoms with van der Waals surface area (Å²) in [4.78, 5) is 9.84. The molecule has 0 amide bonds. The van der Waals surface area contributed by atoms with E-state index in [1.54, 1.807) is 0 Å². The summed E-state index contributed by atoms with van der Waals surface area (Å²) in [6.07, 6.45) is 16.5. The summed E-state index contributed by atoms with van der Waals surface area (Å²) in [6, 6.07) is 15.2. The van der Waals surface area contributed by atoms with Gasteiger partial charge in [-0.15, -0.1) is 0 Å². The number of piperidine rings is 1. The summed E-state index contributed by atoms with van der Waals surface area (Å²) in [5.41, 5.74) is 5.01. The number of likely N-dealkylation sites (tertiary alicyclic amines) is 1. The third-order valence-electron chi connectivity index (χ3n) is 14.4. The van der Waals surface area contributed by atoms with Crippen LogP contribution in [0.4, 0.5) is 5.69 Å². The molecule has 0 radical (unpaired) electrons. The van der Waals surface area contributed by atoms with Gasteiger partial charge in [0.2, 0.25) is 5.88 Å². The maximum Gasteiger partial charge on any atom is 0.213 e. The zero-order chi connectivity index (χ0) is 45.1. The molecule has 0 spiro atoms. The van der Waals surface area contributed by atoms with E-state index in [2.05, 4.69) is 164 Å². The van der Waals surface area contributed by atoms with Crippen molar-refractivity contribution in [2.45, 2.75) is 232 Å². The summed E-state index contributed by atoms with van der Waals surface area (Å²) in [7, 11) is 0. The maximum atomic E-state index is 6.56. The Morgan fingerprint density at radius 1 is 0.597 bits per heavy atom. The fourth-order valence-corrected chi connectivity index (χ4v) is 10.6. The normalized spacial score (nSPS) is 24.9. The monoisotopic (exact) mass is 857 g/mol. The smallest absolute Gasteiger partial charge is 0.213 e. The van der Waals surface area contributed by atoms with E-state index >= 15 is 0 Å². The zero-order valence-electron chi connectivity index (χ0n) is 42.2. The molecule has 2 aliphatic carbocycles. The molecule has 4 fully saturated rings. The Hall–Kier alpha value is -2.23. The van der Waals surface area contributed by atoms with Gasteiger partial charge in [-0.25, -0.2) is 4.98 Å². The van der Waals surface area contributed by atoms with E-state index in [4.69, 9.17) is 9.47 Å². The van der Waals surface area contributed by atoms with Crippen molar-refractivity contribution in [2.24, 2.45) is 10.8 Å². The molecule has 2 aromatic rings. The predicted octanol–water partition coefficient (Wildman–Crippen LogP) is 10.9. The van der Waals surface area contributed by atoms with Crippen LogP contribution in [-0.2, 0) is 16.6 Å². The number of hydrogen-bond donors (Lipinski definition) is 3. The van der Waals surface area contributed by atoms with Crippen molar-refractivity contribution in [3.8, 4) is 5.88 Å². The second-order valence-electron chi connectivity index (χ2n) is 25.6. The molecule has 2 saturated carbocycles. The van der Waals surface area contributed by atoms with E-state index in [1.165, 1.54) is 55.7 Å². The summed E-state index contributed by atoms with van der Waals surface area (Å²) < 4.78 is 13.1. The summed E-state index contributed by atoms with van der Waals surface area (Å²) >= 11 is 0. The third-order valence-corrected chi connectivity index (χ3v) is 14.4. The molecule has 350 valence electrons. The van der Waals surface area contributed by atoms with E-state index < -0.39 is 0 Å². The Balaban J connectivity index is 0.857. The topological polar surface area (TPSA) is 73.9 Å². The minimum absolute atomic E-state index is 0.0186. The lowest BCUT2D eigenvalue weighted by Gasteiger charge is -2.45. The predicted molar refractivity (Wildman–Crippen MR) is 262 cm³/mol. The van der Waals surface area contributed by atoms with Crippen molar-refractivity contribution < 1.29 is 9.47 Å². The van der Waals surface area contributed by atoms with E-state index in [0.29, 0.717) is 41.2 Å². The van der Waals surface area contributed by atoms with Crippen LogP contribution >= 0.6 is 0 Å². The van der Waals surface area contributed by atoms with Gasteiger partial charge < -0.3 is 35.2 Å². The molecule has 2 saturated heterocycles. The molecule has 1 aromatic heterocycles. The number of benzene rings is 1. The van der Waals surface area contributed by atoms with Crippen LogP contribution in [0.25, 0.3) is 0 Å². The van der Waals surface area contributed by atoms with Crippen LogP contribution in [0.1, 0.15) is 179 Å². The fourth-order valence-electron chi connectivity index (χ4n) is 10.6. The Labute approximate surface area is 380 Å².